The second kappa shape index (κ2) is 35.0. The van der Waals surface area contributed by atoms with Crippen molar-refractivity contribution in [1.82, 2.24) is 9.80 Å². The standard InChI is InChI=1S/C19H31NO8.C13H19NO6.C4H6O2.4CH4/c1-5-19(4,13-14(2)28-15(3)21)17(23)25-11-12-27-18(24)26-10-9-20-8-6-7-16(20)22;1-10(2)12(16)18-8-9-20-13(17)19-7-6-14-5-3-4-11(14)15;1-3-6-4(2)5;;;;/h14H,5-13H2,1-4H3;1,3-9H2,2H3;3H,1H2,2H3;4*1H4. The summed E-state index contributed by atoms with van der Waals surface area (Å²) in [5.41, 5.74) is -0.527. The Labute approximate surface area is 345 Å². The van der Waals surface area contributed by atoms with E-state index in [4.69, 9.17) is 33.2 Å². The second-order valence-corrected chi connectivity index (χ2v) is 12.2. The van der Waals surface area contributed by atoms with Crippen LogP contribution >= 0.6 is 0 Å². The lowest BCUT2D eigenvalue weighted by atomic mass is 9.82. The Balaban J connectivity index is -0.000000275. The first-order valence-corrected chi connectivity index (χ1v) is 17.6. The van der Waals surface area contributed by atoms with E-state index in [2.05, 4.69) is 17.9 Å². The molecule has 0 saturated carbocycles. The number of rotatable bonds is 19. The lowest BCUT2D eigenvalue weighted by Crippen LogP contribution is -2.34. The third-order valence-electron chi connectivity index (χ3n) is 7.55. The van der Waals surface area contributed by atoms with E-state index in [1.54, 1.807) is 23.6 Å². The van der Waals surface area contributed by atoms with Crippen molar-refractivity contribution in [2.45, 2.75) is 116 Å². The van der Waals surface area contributed by atoms with Gasteiger partial charge in [0.05, 0.1) is 24.8 Å². The van der Waals surface area contributed by atoms with E-state index in [1.165, 1.54) is 20.8 Å². The SMILES string of the molecule is C.C.C.C.C=C(C)C(=O)OCCOC(=O)OCCN1CCCC1=O.C=COC(C)=O.CCC(C)(CC(C)OC(C)=O)C(=O)OCCOC(=O)OCCN1CCCC1=O. The van der Waals surface area contributed by atoms with Crippen molar-refractivity contribution >= 4 is 48.0 Å². The largest absolute Gasteiger partial charge is 0.508 e. The van der Waals surface area contributed by atoms with Crippen LogP contribution in [0.4, 0.5) is 9.59 Å². The van der Waals surface area contributed by atoms with Crippen molar-refractivity contribution in [1.29, 1.82) is 0 Å². The Kier molecular flexibility index (Phi) is 37.5. The average Bonchev–Trinajstić information content (AvgIpc) is 3.71. The Morgan fingerprint density at radius 1 is 0.707 bits per heavy atom. The summed E-state index contributed by atoms with van der Waals surface area (Å²) >= 11 is 0. The van der Waals surface area contributed by atoms with Crippen LogP contribution in [0.5, 0.6) is 0 Å². The maximum atomic E-state index is 12.3. The number of hydrogen-bond donors (Lipinski definition) is 0. The molecule has 338 valence electrons. The molecular weight excluding hydrogens is 764 g/mol. The molecule has 0 N–H and O–H groups in total. The zero-order valence-electron chi connectivity index (χ0n) is 32.3. The molecule has 2 aliphatic rings. The average molecular weight is 837 g/mol. The molecule has 0 aromatic carbocycles. The number of hydrogen-bond acceptors (Lipinski definition) is 16. The van der Waals surface area contributed by atoms with Crippen LogP contribution in [0.2, 0.25) is 0 Å². The smallest absolute Gasteiger partial charge is 0.463 e. The van der Waals surface area contributed by atoms with Gasteiger partial charge in [0.1, 0.15) is 45.7 Å². The van der Waals surface area contributed by atoms with Crippen LogP contribution in [0.15, 0.2) is 25.0 Å². The maximum absolute atomic E-state index is 12.3. The maximum Gasteiger partial charge on any atom is 0.508 e. The lowest BCUT2D eigenvalue weighted by Gasteiger charge is -2.28. The van der Waals surface area contributed by atoms with Crippen molar-refractivity contribution in [2.24, 2.45) is 5.41 Å². The molecule has 18 heteroatoms. The second-order valence-electron chi connectivity index (χ2n) is 12.2. The van der Waals surface area contributed by atoms with E-state index in [1.807, 2.05) is 6.92 Å². The van der Waals surface area contributed by atoms with E-state index in [0.29, 0.717) is 51.9 Å². The fourth-order valence-electron chi connectivity index (χ4n) is 4.71. The van der Waals surface area contributed by atoms with Gasteiger partial charge < -0.3 is 47.7 Å². The summed E-state index contributed by atoms with van der Waals surface area (Å²) < 4.78 is 38.4. The number of ether oxygens (including phenoxy) is 8. The molecule has 0 bridgehead atoms. The number of carbonyl (C=O) groups is 8. The first-order chi connectivity index (χ1) is 25.4. The van der Waals surface area contributed by atoms with Crippen molar-refractivity contribution in [3.8, 4) is 0 Å². The van der Waals surface area contributed by atoms with Crippen LogP contribution in [-0.2, 0) is 66.7 Å². The Morgan fingerprint density at radius 3 is 1.45 bits per heavy atom. The van der Waals surface area contributed by atoms with Crippen LogP contribution < -0.4 is 0 Å². The summed E-state index contributed by atoms with van der Waals surface area (Å²) in [5, 5.41) is 0. The minimum Gasteiger partial charge on any atom is -0.463 e. The molecule has 18 nitrogen and oxygen atoms in total. The molecule has 2 aliphatic heterocycles. The highest BCUT2D eigenvalue weighted by Crippen LogP contribution is 2.30. The molecule has 0 radical (unpaired) electrons. The molecule has 2 unspecified atom stereocenters. The molecular formula is C40H72N2O16. The summed E-state index contributed by atoms with van der Waals surface area (Å²) in [7, 11) is 0. The van der Waals surface area contributed by atoms with Crippen LogP contribution in [0, 0.1) is 5.41 Å². The van der Waals surface area contributed by atoms with Gasteiger partial charge in [-0.05, 0) is 46.5 Å². The van der Waals surface area contributed by atoms with Crippen LogP contribution in [0.25, 0.3) is 0 Å². The molecule has 0 aromatic heterocycles. The van der Waals surface area contributed by atoms with E-state index >= 15 is 0 Å². The Bertz CT molecular complexity index is 1290. The number of carbonyl (C=O) groups excluding carboxylic acids is 8. The fourth-order valence-corrected chi connectivity index (χ4v) is 4.71. The number of nitrogens with zero attached hydrogens (tertiary/aromatic N) is 2. The van der Waals surface area contributed by atoms with Gasteiger partial charge in [0, 0.05) is 45.4 Å². The summed E-state index contributed by atoms with van der Waals surface area (Å²) in [5.74, 6) is -1.57. The highest BCUT2D eigenvalue weighted by Gasteiger charge is 2.35. The molecule has 0 aliphatic carbocycles. The third-order valence-corrected chi connectivity index (χ3v) is 7.55. The highest BCUT2D eigenvalue weighted by molar-refractivity contribution is 5.86. The van der Waals surface area contributed by atoms with Crippen LogP contribution in [0.1, 0.15) is 110 Å². The minimum atomic E-state index is -0.871. The molecule has 2 heterocycles. The van der Waals surface area contributed by atoms with Gasteiger partial charge in [-0.1, -0.05) is 49.8 Å². The van der Waals surface area contributed by atoms with Gasteiger partial charge in [0.25, 0.3) is 0 Å². The summed E-state index contributed by atoms with van der Waals surface area (Å²) in [6, 6.07) is 0. The third kappa shape index (κ3) is 29.1. The van der Waals surface area contributed by atoms with Gasteiger partial charge in [-0.2, -0.15) is 0 Å². The highest BCUT2D eigenvalue weighted by atomic mass is 16.7. The van der Waals surface area contributed by atoms with Crippen LogP contribution in [0.3, 0.4) is 0 Å². The predicted octanol–water partition coefficient (Wildman–Crippen LogP) is 6.18. The summed E-state index contributed by atoms with van der Waals surface area (Å²) in [6.45, 7) is 17.9. The summed E-state index contributed by atoms with van der Waals surface area (Å²) in [4.78, 5) is 92.8. The minimum absolute atomic E-state index is 0. The van der Waals surface area contributed by atoms with Gasteiger partial charge in [0.2, 0.25) is 11.8 Å². The zero-order valence-corrected chi connectivity index (χ0v) is 32.3. The van der Waals surface area contributed by atoms with Crippen molar-refractivity contribution < 1.29 is 76.3 Å². The Morgan fingerprint density at radius 2 is 1.12 bits per heavy atom. The van der Waals surface area contributed by atoms with Crippen molar-refractivity contribution in [3.63, 3.8) is 0 Å². The Hall–Kier alpha value is -5.16. The molecule has 2 amide bonds. The van der Waals surface area contributed by atoms with Gasteiger partial charge in [-0.15, -0.1) is 0 Å². The van der Waals surface area contributed by atoms with Crippen LogP contribution in [-0.4, -0.2) is 130 Å². The number of likely N-dealkylation sites (tertiary alicyclic amines) is 2. The summed E-state index contributed by atoms with van der Waals surface area (Å²) in [6.07, 6.45) is 2.57. The number of esters is 4. The van der Waals surface area contributed by atoms with E-state index in [0.717, 1.165) is 19.1 Å². The lowest BCUT2D eigenvalue weighted by molar-refractivity contribution is -0.161. The van der Waals surface area contributed by atoms with E-state index < -0.39 is 41.7 Å². The fraction of sp³-hybridized carbons (Fsp3) is 0.700. The topological polar surface area (TPSA) is 217 Å². The van der Waals surface area contributed by atoms with Crippen molar-refractivity contribution in [3.05, 3.63) is 25.0 Å². The number of amides is 2. The first kappa shape index (κ1) is 62.0. The quantitative estimate of drug-likeness (QED) is 0.0466. The molecule has 2 fully saturated rings. The monoisotopic (exact) mass is 836 g/mol. The van der Waals surface area contributed by atoms with E-state index in [-0.39, 0.29) is 92.7 Å². The molecule has 2 rings (SSSR count). The first-order valence-electron chi connectivity index (χ1n) is 17.6. The molecule has 0 spiro atoms. The van der Waals surface area contributed by atoms with Crippen molar-refractivity contribution in [2.75, 3.05) is 65.8 Å². The normalized spacial score (nSPS) is 13.7. The molecule has 2 saturated heterocycles. The predicted molar refractivity (Wildman–Crippen MR) is 216 cm³/mol. The molecule has 0 aromatic rings. The molecule has 2 atom stereocenters. The van der Waals surface area contributed by atoms with Gasteiger partial charge in [-0.3, -0.25) is 24.0 Å². The van der Waals surface area contributed by atoms with E-state index in [9.17, 15) is 38.4 Å². The van der Waals surface area contributed by atoms with Gasteiger partial charge in [-0.25, -0.2) is 14.4 Å². The molecule has 58 heavy (non-hydrogen) atoms. The zero-order chi connectivity index (χ0) is 41.1. The van der Waals surface area contributed by atoms with Gasteiger partial charge in [0.15, 0.2) is 0 Å². The van der Waals surface area contributed by atoms with Gasteiger partial charge >= 0.3 is 36.2 Å².